The molecule has 3 aromatic rings. The van der Waals surface area contributed by atoms with Gasteiger partial charge in [0.1, 0.15) is 0 Å². The number of hydrogen-bond donors (Lipinski definition) is 0. The third-order valence-electron chi connectivity index (χ3n) is 6.47. The van der Waals surface area contributed by atoms with E-state index in [2.05, 4.69) is 58.7 Å². The van der Waals surface area contributed by atoms with Crippen molar-refractivity contribution in [3.63, 3.8) is 0 Å². The summed E-state index contributed by atoms with van der Waals surface area (Å²) in [4.78, 5) is 19.5. The fourth-order valence-corrected chi connectivity index (χ4v) is 5.36. The lowest BCUT2D eigenvalue weighted by molar-refractivity contribution is -0.131. The van der Waals surface area contributed by atoms with Crippen molar-refractivity contribution in [2.24, 2.45) is 5.92 Å². The molecule has 7 heteroatoms. The number of nitrogens with zero attached hydrogens (tertiary/aromatic N) is 5. The van der Waals surface area contributed by atoms with Crippen LogP contribution in [0.3, 0.4) is 0 Å². The van der Waals surface area contributed by atoms with Crippen LogP contribution >= 0.6 is 11.8 Å². The second-order valence-corrected chi connectivity index (χ2v) is 10.1. The molecular weight excluding hydrogens is 430 g/mol. The number of carbonyl (C=O) groups excluding carboxylic acids is 1. The molecule has 4 rings (SSSR count). The number of amides is 1. The largest absolute Gasteiger partial charge is 0.342 e. The highest BCUT2D eigenvalue weighted by Crippen LogP contribution is 2.34. The summed E-state index contributed by atoms with van der Waals surface area (Å²) in [5, 5.41) is 9.66. The molecule has 0 N–H and O–H groups in total. The van der Waals surface area contributed by atoms with Crippen molar-refractivity contribution in [1.82, 2.24) is 24.6 Å². The molecule has 0 aliphatic carbocycles. The Kier molecular flexibility index (Phi) is 7.48. The number of hydrogen-bond acceptors (Lipinski definition) is 5. The number of para-hydroxylation sites is 1. The van der Waals surface area contributed by atoms with Crippen LogP contribution in [0.2, 0.25) is 0 Å². The van der Waals surface area contributed by atoms with Gasteiger partial charge < -0.3 is 4.90 Å². The topological polar surface area (TPSA) is 63.9 Å². The zero-order valence-electron chi connectivity index (χ0n) is 20.0. The minimum Gasteiger partial charge on any atom is -0.342 e. The van der Waals surface area contributed by atoms with Crippen LogP contribution in [0.25, 0.3) is 17.1 Å². The smallest absolute Gasteiger partial charge is 0.235 e. The van der Waals surface area contributed by atoms with E-state index in [0.717, 1.165) is 61.0 Å². The van der Waals surface area contributed by atoms with Crippen LogP contribution in [0.4, 0.5) is 0 Å². The first-order valence-corrected chi connectivity index (χ1v) is 12.8. The number of thioether (sulfide) groups is 1. The van der Waals surface area contributed by atoms with Crippen molar-refractivity contribution < 1.29 is 4.79 Å². The number of aryl methyl sites for hydroxylation is 2. The van der Waals surface area contributed by atoms with Crippen LogP contribution in [0.1, 0.15) is 51.7 Å². The molecule has 0 bridgehead atoms. The minimum atomic E-state index is -0.234. The summed E-state index contributed by atoms with van der Waals surface area (Å²) in [5.74, 6) is 1.64. The summed E-state index contributed by atoms with van der Waals surface area (Å²) in [5.41, 5.74) is 4.52. The van der Waals surface area contributed by atoms with E-state index >= 15 is 0 Å². The van der Waals surface area contributed by atoms with Gasteiger partial charge in [0.05, 0.1) is 10.9 Å². The molecule has 0 spiro atoms. The Hall–Kier alpha value is -2.67. The maximum Gasteiger partial charge on any atom is 0.235 e. The van der Waals surface area contributed by atoms with Crippen LogP contribution in [0.15, 0.2) is 47.9 Å². The first-order chi connectivity index (χ1) is 16.0. The van der Waals surface area contributed by atoms with E-state index in [4.69, 9.17) is 0 Å². The van der Waals surface area contributed by atoms with Gasteiger partial charge in [0.2, 0.25) is 5.91 Å². The first-order valence-electron chi connectivity index (χ1n) is 12.0. The van der Waals surface area contributed by atoms with Gasteiger partial charge in [0.25, 0.3) is 0 Å². The molecule has 3 heterocycles. The average Bonchev–Trinajstić information content (AvgIpc) is 3.26. The van der Waals surface area contributed by atoms with Gasteiger partial charge in [0, 0.05) is 31.0 Å². The van der Waals surface area contributed by atoms with Crippen molar-refractivity contribution in [3.05, 3.63) is 53.9 Å². The lowest BCUT2D eigenvalue weighted by Gasteiger charge is -2.32. The van der Waals surface area contributed by atoms with Crippen LogP contribution in [0, 0.1) is 5.92 Å². The van der Waals surface area contributed by atoms with Crippen LogP contribution < -0.4 is 0 Å². The summed E-state index contributed by atoms with van der Waals surface area (Å²) in [6.07, 6.45) is 7.54. The van der Waals surface area contributed by atoms with Gasteiger partial charge in [-0.25, -0.2) is 0 Å². The predicted molar refractivity (Wildman–Crippen MR) is 134 cm³/mol. The molecule has 174 valence electrons. The lowest BCUT2D eigenvalue weighted by Crippen LogP contribution is -2.41. The van der Waals surface area contributed by atoms with E-state index in [0.29, 0.717) is 5.92 Å². The number of benzene rings is 1. The Balaban J connectivity index is 1.74. The van der Waals surface area contributed by atoms with E-state index in [1.807, 2.05) is 30.2 Å². The molecule has 6 nitrogen and oxygen atoms in total. The SMILES string of the molecule is CCc1cccc(CC)c1-n1c(SC(C)C(=O)N2CCC(C)CC2)nnc1-c1cccnc1. The van der Waals surface area contributed by atoms with Gasteiger partial charge in [-0.15, -0.1) is 10.2 Å². The Bertz CT molecular complexity index is 1070. The molecular formula is C26H33N5OS. The molecule has 1 aliphatic heterocycles. The molecule has 1 amide bonds. The highest BCUT2D eigenvalue weighted by molar-refractivity contribution is 8.00. The highest BCUT2D eigenvalue weighted by Gasteiger charge is 2.28. The predicted octanol–water partition coefficient (Wildman–Crippen LogP) is 5.19. The fraction of sp³-hybridized carbons (Fsp3) is 0.462. The summed E-state index contributed by atoms with van der Waals surface area (Å²) in [6, 6.07) is 10.4. The molecule has 0 radical (unpaired) electrons. The standard InChI is InChI=1S/C26H33N5OS/c1-5-20-9-7-10-21(6-2)23(20)31-24(22-11-8-14-27-17-22)28-29-26(31)33-19(4)25(32)30-15-12-18(3)13-16-30/h7-11,14,17-19H,5-6,12-13,15-16H2,1-4H3. The monoisotopic (exact) mass is 463 g/mol. The van der Waals surface area contributed by atoms with Crippen LogP contribution in [-0.4, -0.2) is 48.9 Å². The number of carbonyl (C=O) groups is 1. The average molecular weight is 464 g/mol. The molecule has 1 aliphatic rings. The molecule has 1 aromatic carbocycles. The maximum atomic E-state index is 13.2. The van der Waals surface area contributed by atoms with E-state index in [9.17, 15) is 4.79 Å². The Labute approximate surface area is 200 Å². The second-order valence-electron chi connectivity index (χ2n) is 8.78. The summed E-state index contributed by atoms with van der Waals surface area (Å²) in [7, 11) is 0. The second kappa shape index (κ2) is 10.5. The van der Waals surface area contributed by atoms with Crippen LogP contribution in [-0.2, 0) is 17.6 Å². The quantitative estimate of drug-likeness (QED) is 0.451. The van der Waals surface area contributed by atoms with Gasteiger partial charge >= 0.3 is 0 Å². The van der Waals surface area contributed by atoms with Gasteiger partial charge in [-0.05, 0) is 61.8 Å². The summed E-state index contributed by atoms with van der Waals surface area (Å²) < 4.78 is 2.14. The maximum absolute atomic E-state index is 13.2. The fourth-order valence-electron chi connectivity index (χ4n) is 4.43. The number of piperidine rings is 1. The number of likely N-dealkylation sites (tertiary alicyclic amines) is 1. The number of aromatic nitrogens is 4. The highest BCUT2D eigenvalue weighted by atomic mass is 32.2. The van der Waals surface area contributed by atoms with E-state index in [1.165, 1.54) is 22.9 Å². The third kappa shape index (κ3) is 4.98. The molecule has 1 unspecified atom stereocenters. The minimum absolute atomic E-state index is 0.184. The summed E-state index contributed by atoms with van der Waals surface area (Å²) in [6.45, 7) is 10.3. The van der Waals surface area contributed by atoms with Gasteiger partial charge in [0.15, 0.2) is 11.0 Å². The zero-order valence-corrected chi connectivity index (χ0v) is 20.8. The van der Waals surface area contributed by atoms with Crippen molar-refractivity contribution in [2.45, 2.75) is 63.8 Å². The molecule has 1 fully saturated rings. The molecule has 0 saturated carbocycles. The molecule has 33 heavy (non-hydrogen) atoms. The number of rotatable bonds is 7. The first kappa shape index (κ1) is 23.5. The number of pyridine rings is 1. The van der Waals surface area contributed by atoms with Crippen molar-refractivity contribution in [1.29, 1.82) is 0 Å². The van der Waals surface area contributed by atoms with E-state index in [1.54, 1.807) is 6.20 Å². The third-order valence-corrected chi connectivity index (χ3v) is 7.50. The summed E-state index contributed by atoms with van der Waals surface area (Å²) >= 11 is 1.50. The van der Waals surface area contributed by atoms with Crippen molar-refractivity contribution in [2.75, 3.05) is 13.1 Å². The van der Waals surface area contributed by atoms with Gasteiger partial charge in [-0.3, -0.25) is 14.3 Å². The Morgan fingerprint density at radius 3 is 2.39 bits per heavy atom. The molecule has 1 atom stereocenters. The van der Waals surface area contributed by atoms with Crippen molar-refractivity contribution in [3.8, 4) is 17.1 Å². The Morgan fingerprint density at radius 1 is 1.09 bits per heavy atom. The Morgan fingerprint density at radius 2 is 1.79 bits per heavy atom. The van der Waals surface area contributed by atoms with Gasteiger partial charge in [-0.1, -0.05) is 50.7 Å². The van der Waals surface area contributed by atoms with Crippen molar-refractivity contribution >= 4 is 17.7 Å². The lowest BCUT2D eigenvalue weighted by atomic mass is 9.99. The molecule has 2 aromatic heterocycles. The normalized spacial score (nSPS) is 15.6. The molecule has 1 saturated heterocycles. The van der Waals surface area contributed by atoms with E-state index in [-0.39, 0.29) is 11.2 Å². The zero-order chi connectivity index (χ0) is 23.4. The van der Waals surface area contributed by atoms with E-state index < -0.39 is 0 Å². The van der Waals surface area contributed by atoms with Crippen LogP contribution in [0.5, 0.6) is 0 Å². The van der Waals surface area contributed by atoms with Gasteiger partial charge in [-0.2, -0.15) is 0 Å².